The molecule has 0 spiro atoms. The van der Waals surface area contributed by atoms with Crippen molar-refractivity contribution >= 4 is 23.1 Å². The minimum atomic E-state index is 0.146. The van der Waals surface area contributed by atoms with E-state index in [9.17, 15) is 4.79 Å². The van der Waals surface area contributed by atoms with Crippen molar-refractivity contribution in [1.29, 1.82) is 0 Å². The number of aryl methyl sites for hydroxylation is 1. The summed E-state index contributed by atoms with van der Waals surface area (Å²) in [6.07, 6.45) is 5.89. The number of amides is 1. The van der Waals surface area contributed by atoms with E-state index in [4.69, 9.17) is 0 Å². The van der Waals surface area contributed by atoms with Crippen LogP contribution in [0.1, 0.15) is 33.8 Å². The second-order valence-electron chi connectivity index (χ2n) is 5.86. The van der Waals surface area contributed by atoms with Crippen molar-refractivity contribution in [2.75, 3.05) is 18.4 Å². The standard InChI is InChI=1S/C16H18N4OS/c21-16(14-5-2-8-22-14)20-7-6-11(9-20)19-15-12-3-1-4-13(12)17-10-18-15/h2,5,8,10-11H,1,3-4,6-7,9H2,(H,17,18,19). The molecule has 1 amide bonds. The lowest BCUT2D eigenvalue weighted by Gasteiger charge is -2.17. The van der Waals surface area contributed by atoms with Gasteiger partial charge >= 0.3 is 0 Å². The normalized spacial score (nSPS) is 20.2. The van der Waals surface area contributed by atoms with E-state index in [-0.39, 0.29) is 11.9 Å². The first kappa shape index (κ1) is 13.7. The van der Waals surface area contributed by atoms with Crippen LogP contribution in [0.25, 0.3) is 0 Å². The van der Waals surface area contributed by atoms with Gasteiger partial charge in [0.2, 0.25) is 0 Å². The zero-order valence-electron chi connectivity index (χ0n) is 12.3. The van der Waals surface area contributed by atoms with Gasteiger partial charge in [-0.1, -0.05) is 6.07 Å². The molecule has 0 bridgehead atoms. The molecule has 0 saturated carbocycles. The Morgan fingerprint density at radius 2 is 2.32 bits per heavy atom. The number of aromatic nitrogens is 2. The monoisotopic (exact) mass is 314 g/mol. The first-order valence-electron chi connectivity index (χ1n) is 7.73. The van der Waals surface area contributed by atoms with E-state index in [0.717, 1.165) is 49.5 Å². The van der Waals surface area contributed by atoms with E-state index >= 15 is 0 Å². The molecule has 22 heavy (non-hydrogen) atoms. The number of hydrogen-bond donors (Lipinski definition) is 1. The van der Waals surface area contributed by atoms with Gasteiger partial charge in [0.1, 0.15) is 12.1 Å². The maximum Gasteiger partial charge on any atom is 0.263 e. The van der Waals surface area contributed by atoms with Crippen molar-refractivity contribution in [3.8, 4) is 0 Å². The average molecular weight is 314 g/mol. The summed E-state index contributed by atoms with van der Waals surface area (Å²) in [5.74, 6) is 1.12. The zero-order valence-corrected chi connectivity index (χ0v) is 13.1. The molecule has 0 radical (unpaired) electrons. The summed E-state index contributed by atoms with van der Waals surface area (Å²) in [6.45, 7) is 1.55. The van der Waals surface area contributed by atoms with Crippen LogP contribution < -0.4 is 5.32 Å². The molecule has 1 unspecified atom stereocenters. The van der Waals surface area contributed by atoms with Gasteiger partial charge in [-0.3, -0.25) is 4.79 Å². The SMILES string of the molecule is O=C(c1cccs1)N1CCC(Nc2ncnc3c2CCC3)C1. The first-order chi connectivity index (χ1) is 10.8. The molecule has 1 N–H and O–H groups in total. The number of nitrogens with one attached hydrogen (secondary N) is 1. The van der Waals surface area contributed by atoms with E-state index in [1.54, 1.807) is 6.33 Å². The first-order valence-corrected chi connectivity index (χ1v) is 8.61. The Morgan fingerprint density at radius 1 is 1.36 bits per heavy atom. The topological polar surface area (TPSA) is 58.1 Å². The molecule has 0 aromatic carbocycles. The van der Waals surface area contributed by atoms with Gasteiger partial charge < -0.3 is 10.2 Å². The van der Waals surface area contributed by atoms with Crippen molar-refractivity contribution in [2.45, 2.75) is 31.7 Å². The van der Waals surface area contributed by atoms with Gasteiger partial charge in [0, 0.05) is 30.4 Å². The van der Waals surface area contributed by atoms with Crippen molar-refractivity contribution in [3.63, 3.8) is 0 Å². The van der Waals surface area contributed by atoms with Gasteiger partial charge in [-0.15, -0.1) is 11.3 Å². The fourth-order valence-corrected chi connectivity index (χ4v) is 3.99. The molecule has 1 atom stereocenters. The molecule has 114 valence electrons. The molecule has 3 heterocycles. The maximum absolute atomic E-state index is 12.4. The fourth-order valence-electron chi connectivity index (χ4n) is 3.30. The molecular formula is C16H18N4OS. The maximum atomic E-state index is 12.4. The Hall–Kier alpha value is -1.95. The van der Waals surface area contributed by atoms with Gasteiger partial charge in [0.05, 0.1) is 4.88 Å². The highest BCUT2D eigenvalue weighted by atomic mass is 32.1. The van der Waals surface area contributed by atoms with Crippen molar-refractivity contribution < 1.29 is 4.79 Å². The summed E-state index contributed by atoms with van der Waals surface area (Å²) in [5.41, 5.74) is 2.45. The summed E-state index contributed by atoms with van der Waals surface area (Å²) in [6, 6.07) is 4.10. The predicted octanol–water partition coefficient (Wildman–Crippen LogP) is 2.35. The van der Waals surface area contributed by atoms with Gasteiger partial charge in [-0.25, -0.2) is 9.97 Å². The Morgan fingerprint density at radius 3 is 3.18 bits per heavy atom. The third kappa shape index (κ3) is 2.47. The number of carbonyl (C=O) groups is 1. The molecule has 1 saturated heterocycles. The average Bonchev–Trinajstić information content (AvgIpc) is 3.28. The molecule has 4 rings (SSSR count). The lowest BCUT2D eigenvalue weighted by Crippen LogP contribution is -2.31. The van der Waals surface area contributed by atoms with Gasteiger partial charge in [-0.05, 0) is 37.1 Å². The van der Waals surface area contributed by atoms with Crippen LogP contribution in [0.5, 0.6) is 0 Å². The highest BCUT2D eigenvalue weighted by molar-refractivity contribution is 7.12. The van der Waals surface area contributed by atoms with Crippen molar-refractivity contribution in [2.24, 2.45) is 0 Å². The molecule has 6 heteroatoms. The van der Waals surface area contributed by atoms with Crippen LogP contribution in [0.15, 0.2) is 23.8 Å². The molecule has 1 fully saturated rings. The van der Waals surface area contributed by atoms with Crippen LogP contribution in [0.3, 0.4) is 0 Å². The van der Waals surface area contributed by atoms with E-state index in [1.165, 1.54) is 22.6 Å². The third-order valence-corrected chi connectivity index (χ3v) is 5.28. The summed E-state index contributed by atoms with van der Waals surface area (Å²) in [7, 11) is 0. The van der Waals surface area contributed by atoms with Gasteiger partial charge in [0.25, 0.3) is 5.91 Å². The van der Waals surface area contributed by atoms with E-state index in [2.05, 4.69) is 15.3 Å². The minimum absolute atomic E-state index is 0.146. The van der Waals surface area contributed by atoms with E-state index < -0.39 is 0 Å². The molecule has 5 nitrogen and oxygen atoms in total. The number of thiophene rings is 1. The second-order valence-corrected chi connectivity index (χ2v) is 6.81. The van der Waals surface area contributed by atoms with Crippen LogP contribution in [-0.4, -0.2) is 39.9 Å². The minimum Gasteiger partial charge on any atom is -0.365 e. The number of anilines is 1. The molecule has 1 aliphatic carbocycles. The number of hydrogen-bond acceptors (Lipinski definition) is 5. The van der Waals surface area contributed by atoms with Crippen LogP contribution >= 0.6 is 11.3 Å². The highest BCUT2D eigenvalue weighted by Gasteiger charge is 2.28. The van der Waals surface area contributed by atoms with Crippen LogP contribution in [0, 0.1) is 0 Å². The van der Waals surface area contributed by atoms with Crippen LogP contribution in [0.2, 0.25) is 0 Å². The van der Waals surface area contributed by atoms with Gasteiger partial charge in [0.15, 0.2) is 0 Å². The summed E-state index contributed by atoms with van der Waals surface area (Å²) in [5, 5.41) is 5.48. The Balaban J connectivity index is 1.44. The molecular weight excluding hydrogens is 296 g/mol. The van der Waals surface area contributed by atoms with Crippen LogP contribution in [-0.2, 0) is 12.8 Å². The Kier molecular flexibility index (Phi) is 3.54. The summed E-state index contributed by atoms with van der Waals surface area (Å²) < 4.78 is 0. The molecule has 2 aromatic heterocycles. The number of carbonyl (C=O) groups excluding carboxylic acids is 1. The smallest absolute Gasteiger partial charge is 0.263 e. The highest BCUT2D eigenvalue weighted by Crippen LogP contribution is 2.27. The lowest BCUT2D eigenvalue weighted by molar-refractivity contribution is 0.0796. The molecule has 1 aliphatic heterocycles. The second kappa shape index (κ2) is 5.68. The number of fused-ring (bicyclic) bond motifs is 1. The van der Waals surface area contributed by atoms with Crippen molar-refractivity contribution in [1.82, 2.24) is 14.9 Å². The van der Waals surface area contributed by atoms with Gasteiger partial charge in [-0.2, -0.15) is 0 Å². The van der Waals surface area contributed by atoms with Crippen molar-refractivity contribution in [3.05, 3.63) is 40.0 Å². The number of likely N-dealkylation sites (tertiary alicyclic amines) is 1. The summed E-state index contributed by atoms with van der Waals surface area (Å²) >= 11 is 1.51. The molecule has 2 aromatic rings. The Bertz CT molecular complexity index is 685. The Labute approximate surface area is 133 Å². The van der Waals surface area contributed by atoms with E-state index in [1.807, 2.05) is 22.4 Å². The number of nitrogens with zero attached hydrogens (tertiary/aromatic N) is 3. The third-order valence-electron chi connectivity index (χ3n) is 4.42. The zero-order chi connectivity index (χ0) is 14.9. The largest absolute Gasteiger partial charge is 0.365 e. The predicted molar refractivity (Wildman–Crippen MR) is 86.3 cm³/mol. The molecule has 2 aliphatic rings. The quantitative estimate of drug-likeness (QED) is 0.945. The number of rotatable bonds is 3. The lowest BCUT2D eigenvalue weighted by atomic mass is 10.2. The fraction of sp³-hybridized carbons (Fsp3) is 0.438. The van der Waals surface area contributed by atoms with Crippen LogP contribution in [0.4, 0.5) is 5.82 Å². The van der Waals surface area contributed by atoms with E-state index in [0.29, 0.717) is 0 Å². The summed E-state index contributed by atoms with van der Waals surface area (Å²) in [4.78, 5) is 23.9.